The number of hydrogen-bond donors (Lipinski definition) is 1. The lowest BCUT2D eigenvalue weighted by atomic mass is 10.0. The molecule has 1 aromatic carbocycles. The maximum absolute atomic E-state index is 13.1. The Morgan fingerprint density at radius 3 is 2.43 bits per heavy atom. The molecule has 8 heteroatoms. The van der Waals surface area contributed by atoms with Crippen molar-refractivity contribution in [1.29, 1.82) is 0 Å². The van der Waals surface area contributed by atoms with E-state index in [-0.39, 0.29) is 30.4 Å². The molecular formula is C27H35N3O4S. The molecule has 2 aliphatic rings. The van der Waals surface area contributed by atoms with Crippen LogP contribution in [-0.4, -0.2) is 66.4 Å². The van der Waals surface area contributed by atoms with Gasteiger partial charge in [-0.1, -0.05) is 25.1 Å². The third-order valence-corrected chi connectivity index (χ3v) is 7.63. The van der Waals surface area contributed by atoms with Crippen molar-refractivity contribution in [3.63, 3.8) is 0 Å². The SMILES string of the molecule is CCCN(CC(=O)Nc1scc(C2CC2)c1C(=O)OCC)C1CCN(C(=O)c2ccccc2)CC1. The van der Waals surface area contributed by atoms with Crippen LogP contribution in [0.5, 0.6) is 0 Å². The highest BCUT2D eigenvalue weighted by Gasteiger charge is 2.33. The van der Waals surface area contributed by atoms with E-state index >= 15 is 0 Å². The van der Waals surface area contributed by atoms with E-state index in [1.807, 2.05) is 40.6 Å². The van der Waals surface area contributed by atoms with E-state index < -0.39 is 0 Å². The van der Waals surface area contributed by atoms with Gasteiger partial charge in [0.05, 0.1) is 18.7 Å². The molecule has 1 saturated heterocycles. The third kappa shape index (κ3) is 6.30. The van der Waals surface area contributed by atoms with Crippen LogP contribution in [0.15, 0.2) is 35.7 Å². The largest absolute Gasteiger partial charge is 0.462 e. The van der Waals surface area contributed by atoms with Gasteiger partial charge in [-0.05, 0) is 74.6 Å². The number of ether oxygens (including phenoxy) is 1. The van der Waals surface area contributed by atoms with E-state index in [4.69, 9.17) is 4.74 Å². The predicted molar refractivity (Wildman–Crippen MR) is 138 cm³/mol. The molecule has 7 nitrogen and oxygen atoms in total. The first-order valence-electron chi connectivity index (χ1n) is 12.7. The second kappa shape index (κ2) is 11.8. The van der Waals surface area contributed by atoms with E-state index in [1.165, 1.54) is 11.3 Å². The summed E-state index contributed by atoms with van der Waals surface area (Å²) in [6.45, 7) is 6.66. The molecule has 1 saturated carbocycles. The lowest BCUT2D eigenvalue weighted by Crippen LogP contribution is -2.49. The fraction of sp³-hybridized carbons (Fsp3) is 0.519. The zero-order valence-electron chi connectivity index (χ0n) is 20.6. The van der Waals surface area contributed by atoms with E-state index in [9.17, 15) is 14.4 Å². The highest BCUT2D eigenvalue weighted by Crippen LogP contribution is 2.46. The van der Waals surface area contributed by atoms with Crippen molar-refractivity contribution in [1.82, 2.24) is 9.80 Å². The number of thiophene rings is 1. The Bertz CT molecular complexity index is 1030. The minimum absolute atomic E-state index is 0.0690. The molecule has 2 aromatic rings. The Balaban J connectivity index is 1.36. The highest BCUT2D eigenvalue weighted by atomic mass is 32.1. The highest BCUT2D eigenvalue weighted by molar-refractivity contribution is 7.15. The summed E-state index contributed by atoms with van der Waals surface area (Å²) in [6, 6.07) is 9.63. The van der Waals surface area contributed by atoms with Crippen LogP contribution in [-0.2, 0) is 9.53 Å². The molecule has 188 valence electrons. The summed E-state index contributed by atoms with van der Waals surface area (Å²) in [5, 5.41) is 5.58. The molecule has 1 aliphatic carbocycles. The van der Waals surface area contributed by atoms with Gasteiger partial charge >= 0.3 is 5.97 Å². The molecule has 0 bridgehead atoms. The van der Waals surface area contributed by atoms with Crippen LogP contribution in [0.25, 0.3) is 0 Å². The molecule has 35 heavy (non-hydrogen) atoms. The van der Waals surface area contributed by atoms with Gasteiger partial charge < -0.3 is 15.0 Å². The number of likely N-dealkylation sites (tertiary alicyclic amines) is 1. The molecule has 0 radical (unpaired) electrons. The number of piperidine rings is 1. The van der Waals surface area contributed by atoms with Crippen LogP contribution in [0.3, 0.4) is 0 Å². The normalized spacial score (nSPS) is 16.4. The van der Waals surface area contributed by atoms with Crippen LogP contribution < -0.4 is 5.32 Å². The molecule has 1 N–H and O–H groups in total. The maximum atomic E-state index is 13.1. The van der Waals surface area contributed by atoms with E-state index in [0.29, 0.717) is 36.2 Å². The topological polar surface area (TPSA) is 79.0 Å². The van der Waals surface area contributed by atoms with Crippen molar-refractivity contribution in [2.75, 3.05) is 38.1 Å². The number of benzene rings is 1. The third-order valence-electron chi connectivity index (χ3n) is 6.72. The zero-order chi connectivity index (χ0) is 24.8. The monoisotopic (exact) mass is 497 g/mol. The Morgan fingerprint density at radius 1 is 1.09 bits per heavy atom. The molecule has 4 rings (SSSR count). The Kier molecular flexibility index (Phi) is 8.57. The van der Waals surface area contributed by atoms with Crippen LogP contribution in [0, 0.1) is 0 Å². The number of amides is 2. The summed E-state index contributed by atoms with van der Waals surface area (Å²) in [4.78, 5) is 42.6. The zero-order valence-corrected chi connectivity index (χ0v) is 21.4. The first-order valence-corrected chi connectivity index (χ1v) is 13.6. The number of anilines is 1. The van der Waals surface area contributed by atoms with Gasteiger partial charge in [-0.15, -0.1) is 11.3 Å². The standard InChI is InChI=1S/C27H35N3O4S/c1-3-14-30(21-12-15-29(16-13-21)26(32)20-8-6-5-7-9-20)17-23(31)28-25-24(27(33)34-4-2)22(18-35-25)19-10-11-19/h5-9,18-19,21H,3-4,10-17H2,1-2H3,(H,28,31). The van der Waals surface area contributed by atoms with Crippen LogP contribution >= 0.6 is 11.3 Å². The summed E-state index contributed by atoms with van der Waals surface area (Å²) in [5.41, 5.74) is 2.25. The molecule has 2 amide bonds. The van der Waals surface area contributed by atoms with Crippen molar-refractivity contribution in [3.8, 4) is 0 Å². The summed E-state index contributed by atoms with van der Waals surface area (Å²) < 4.78 is 5.28. The fourth-order valence-electron chi connectivity index (χ4n) is 4.80. The first kappa shape index (κ1) is 25.4. The van der Waals surface area contributed by atoms with Crippen LogP contribution in [0.2, 0.25) is 0 Å². The van der Waals surface area contributed by atoms with E-state index in [0.717, 1.165) is 49.8 Å². The molecular weight excluding hydrogens is 462 g/mol. The van der Waals surface area contributed by atoms with Gasteiger partial charge in [-0.25, -0.2) is 4.79 Å². The van der Waals surface area contributed by atoms with Crippen molar-refractivity contribution < 1.29 is 19.1 Å². The second-order valence-corrected chi connectivity index (χ2v) is 10.2. The average molecular weight is 498 g/mol. The van der Waals surface area contributed by atoms with Gasteiger partial charge in [0.25, 0.3) is 5.91 Å². The van der Waals surface area contributed by atoms with Gasteiger partial charge in [0.1, 0.15) is 5.00 Å². The minimum Gasteiger partial charge on any atom is -0.462 e. The number of hydrogen-bond acceptors (Lipinski definition) is 6. The van der Waals surface area contributed by atoms with E-state index in [1.54, 1.807) is 6.92 Å². The number of nitrogens with zero attached hydrogens (tertiary/aromatic N) is 2. The quantitative estimate of drug-likeness (QED) is 0.479. The van der Waals surface area contributed by atoms with Crippen molar-refractivity contribution >= 4 is 34.1 Å². The Morgan fingerprint density at radius 2 is 1.80 bits per heavy atom. The summed E-state index contributed by atoms with van der Waals surface area (Å²) >= 11 is 1.41. The lowest BCUT2D eigenvalue weighted by Gasteiger charge is -2.38. The van der Waals surface area contributed by atoms with Crippen LogP contribution in [0.4, 0.5) is 5.00 Å². The lowest BCUT2D eigenvalue weighted by molar-refractivity contribution is -0.118. The molecule has 0 spiro atoms. The minimum atomic E-state index is -0.355. The smallest absolute Gasteiger partial charge is 0.341 e. The van der Waals surface area contributed by atoms with Crippen molar-refractivity contribution in [2.45, 2.75) is 57.9 Å². The molecule has 1 aliphatic heterocycles. The van der Waals surface area contributed by atoms with E-state index in [2.05, 4.69) is 17.1 Å². The summed E-state index contributed by atoms with van der Waals surface area (Å²) in [6.07, 6.45) is 4.77. The van der Waals surface area contributed by atoms with Crippen molar-refractivity contribution in [2.24, 2.45) is 0 Å². The molecule has 0 unspecified atom stereocenters. The van der Waals surface area contributed by atoms with Gasteiger partial charge in [0, 0.05) is 24.7 Å². The summed E-state index contributed by atoms with van der Waals surface area (Å²) in [5.74, 6) is -0.000947. The fourth-order valence-corrected chi connectivity index (χ4v) is 5.84. The summed E-state index contributed by atoms with van der Waals surface area (Å²) in [7, 11) is 0. The van der Waals surface area contributed by atoms with Gasteiger partial charge in [0.2, 0.25) is 5.91 Å². The van der Waals surface area contributed by atoms with Gasteiger partial charge in [0.15, 0.2) is 0 Å². The van der Waals surface area contributed by atoms with Crippen molar-refractivity contribution in [3.05, 3.63) is 52.4 Å². The first-order chi connectivity index (χ1) is 17.0. The molecule has 2 fully saturated rings. The number of esters is 1. The van der Waals surface area contributed by atoms with Crippen LogP contribution in [0.1, 0.15) is 78.1 Å². The van der Waals surface area contributed by atoms with Gasteiger partial charge in [-0.3, -0.25) is 14.5 Å². The second-order valence-electron chi connectivity index (χ2n) is 9.30. The number of carbonyl (C=O) groups is 3. The number of rotatable bonds is 10. The average Bonchev–Trinajstić information content (AvgIpc) is 3.64. The predicted octanol–water partition coefficient (Wildman–Crippen LogP) is 4.76. The maximum Gasteiger partial charge on any atom is 0.341 e. The Labute approximate surface area is 211 Å². The number of nitrogens with one attached hydrogen (secondary N) is 1. The molecule has 1 aromatic heterocycles. The molecule has 2 heterocycles. The number of carbonyl (C=O) groups excluding carboxylic acids is 3. The van der Waals surface area contributed by atoms with Gasteiger partial charge in [-0.2, -0.15) is 0 Å². The Hall–Kier alpha value is -2.71. The molecule has 0 atom stereocenters.